The van der Waals surface area contributed by atoms with Gasteiger partial charge in [0.2, 0.25) is 0 Å². The van der Waals surface area contributed by atoms with Crippen molar-refractivity contribution in [1.29, 1.82) is 0 Å². The Hall–Kier alpha value is 1.79. The van der Waals surface area contributed by atoms with Gasteiger partial charge in [0.15, 0.2) is 0 Å². The Kier molecular flexibility index (Phi) is 25.7. The quantitative estimate of drug-likeness (QED) is 0.140. The van der Waals surface area contributed by atoms with E-state index in [9.17, 15) is 0 Å². The minimum absolute atomic E-state index is 0. The van der Waals surface area contributed by atoms with E-state index in [1.807, 2.05) is 6.92 Å². The zero-order chi connectivity index (χ0) is 27.2. The van der Waals surface area contributed by atoms with Gasteiger partial charge in [-0.1, -0.05) is 174 Å². The van der Waals surface area contributed by atoms with Gasteiger partial charge in [-0.2, -0.15) is 0 Å². The monoisotopic (exact) mass is 785 g/mol. The van der Waals surface area contributed by atoms with Gasteiger partial charge in [0.1, 0.15) is 0 Å². The second-order valence-corrected chi connectivity index (χ2v) is 43.0. The number of hydrogen-bond acceptors (Lipinski definition) is 0. The summed E-state index contributed by atoms with van der Waals surface area (Å²) in [4.78, 5) is 0. The molecule has 0 bridgehead atoms. The summed E-state index contributed by atoms with van der Waals surface area (Å²) in [6, 6.07) is 0. The van der Waals surface area contributed by atoms with Crippen molar-refractivity contribution >= 4 is 49.4 Å². The maximum absolute atomic E-state index is 6.35. The van der Waals surface area contributed by atoms with Crippen molar-refractivity contribution in [2.24, 2.45) is 0 Å². The molecule has 0 radical (unpaired) electrons. The van der Waals surface area contributed by atoms with Crippen LogP contribution in [0.25, 0.3) is 13.9 Å². The molecule has 0 N–H and O–H groups in total. The molecule has 0 amide bonds. The van der Waals surface area contributed by atoms with Gasteiger partial charge in [0.25, 0.3) is 0 Å². The van der Waals surface area contributed by atoms with E-state index in [4.69, 9.17) is 20.4 Å². The molecule has 0 aliphatic heterocycles. The summed E-state index contributed by atoms with van der Waals surface area (Å²) in [5.74, 6) is 2.27. The molecule has 0 aromatic rings. The number of hydrogen-bond donors (Lipinski definition) is 0. The fourth-order valence-electron chi connectivity index (χ4n) is 3.14. The normalized spacial score (nSPS) is 12.4. The molecule has 0 rings (SSSR count). The molecule has 0 aliphatic rings. The second kappa shape index (κ2) is 18.9. The minimum Gasteiger partial charge on any atom is -0.694 e. The smallest absolute Gasteiger partial charge is 0.694 e. The standard InChI is InChI=1S/3C6H18NSi2.C5H7.U/c3*1-8(2,3)7-9(4,5)6;1-3-5-4-2;/h3*1-6H3;3,5H2,1H3;/q4*-1;+4. The second-order valence-electron chi connectivity index (χ2n) is 14.3. The third kappa shape index (κ3) is 71.9. The zero-order valence-corrected chi connectivity index (χ0v) is 36.4. The molecule has 0 fully saturated rings. The first kappa shape index (κ1) is 44.8. The molecule has 0 spiro atoms. The fraction of sp³-hybridized carbons (Fsp3) is 0.913. The van der Waals surface area contributed by atoms with Gasteiger partial charge in [-0.05, 0) is 12.8 Å². The Bertz CT molecular complexity index is 400. The van der Waals surface area contributed by atoms with Crippen molar-refractivity contribution in [2.45, 2.75) is 138 Å². The van der Waals surface area contributed by atoms with E-state index < -0.39 is 49.4 Å². The van der Waals surface area contributed by atoms with Crippen molar-refractivity contribution in [3.8, 4) is 5.92 Å². The molecule has 3 nitrogen and oxygen atoms in total. The van der Waals surface area contributed by atoms with E-state index in [2.05, 4.69) is 124 Å². The van der Waals surface area contributed by atoms with Gasteiger partial charge in [-0.25, -0.2) is 0 Å². The summed E-state index contributed by atoms with van der Waals surface area (Å²) < 4.78 is 14.5. The third-order valence-corrected chi connectivity index (χ3v) is 18.5. The predicted molar refractivity (Wildman–Crippen MR) is 172 cm³/mol. The van der Waals surface area contributed by atoms with Crippen molar-refractivity contribution in [1.82, 2.24) is 0 Å². The van der Waals surface area contributed by atoms with Crippen molar-refractivity contribution in [2.75, 3.05) is 0 Å². The van der Waals surface area contributed by atoms with Crippen LogP contribution in [0, 0.1) is 43.5 Å². The molecule has 0 unspecified atom stereocenters. The fourth-order valence-corrected chi connectivity index (χ4v) is 27.3. The molecule has 0 atom stereocenters. The third-order valence-electron chi connectivity index (χ3n) is 2.39. The Morgan fingerprint density at radius 3 is 0.606 bits per heavy atom. The largest absolute Gasteiger partial charge is 4.00 e. The summed E-state index contributed by atoms with van der Waals surface area (Å²) in [6.45, 7) is 43.4. The van der Waals surface area contributed by atoms with Crippen molar-refractivity contribution in [3.63, 3.8) is 0 Å². The van der Waals surface area contributed by atoms with E-state index in [1.165, 1.54) is 0 Å². The van der Waals surface area contributed by atoms with Gasteiger partial charge < -0.3 is 26.3 Å². The zero-order valence-electron chi connectivity index (χ0n) is 26.3. The topological polar surface area (TPSA) is 42.3 Å². The molecular formula is C23H61N3Si6U. The first-order valence-electron chi connectivity index (χ1n) is 12.2. The molecule has 0 aromatic carbocycles. The van der Waals surface area contributed by atoms with E-state index in [0.717, 1.165) is 12.8 Å². The van der Waals surface area contributed by atoms with Crippen LogP contribution in [0.15, 0.2) is 0 Å². The Morgan fingerprint density at radius 2 is 0.606 bits per heavy atom. The van der Waals surface area contributed by atoms with E-state index >= 15 is 0 Å². The summed E-state index contributed by atoms with van der Waals surface area (Å²) in [5.41, 5.74) is 0. The predicted octanol–water partition coefficient (Wildman–Crippen LogP) is 10.5. The SMILES string of the molecule is C[Si](C)(C)[N-][Si](C)(C)C.C[Si](C)(C)[N-][Si](C)(C)C.C[Si](C)(C)[N-][Si](C)(C)C.[C-]#CCCC.[U+4]. The summed E-state index contributed by atoms with van der Waals surface area (Å²) in [7, 11) is -6.64. The van der Waals surface area contributed by atoms with Gasteiger partial charge >= 0.3 is 31.1 Å². The van der Waals surface area contributed by atoms with E-state index in [0.29, 0.717) is 0 Å². The van der Waals surface area contributed by atoms with Crippen LogP contribution < -0.4 is 0 Å². The van der Waals surface area contributed by atoms with Crippen LogP contribution in [-0.4, -0.2) is 49.4 Å². The average Bonchev–Trinajstić information content (AvgIpc) is 2.27. The van der Waals surface area contributed by atoms with Crippen LogP contribution in [0.1, 0.15) is 19.8 Å². The minimum atomic E-state index is -1.11. The number of nitrogens with zero attached hydrogens (tertiary/aromatic N) is 3. The number of unbranched alkanes of at least 4 members (excludes halogenated alkanes) is 1. The van der Waals surface area contributed by atoms with E-state index in [1.54, 1.807) is 0 Å². The van der Waals surface area contributed by atoms with Gasteiger partial charge in [0, 0.05) is 0 Å². The van der Waals surface area contributed by atoms with Crippen LogP contribution in [-0.2, 0) is 0 Å². The molecule has 0 heterocycles. The van der Waals surface area contributed by atoms with Gasteiger partial charge in [-0.15, -0.1) is 0 Å². The van der Waals surface area contributed by atoms with Gasteiger partial charge in [-0.3, -0.25) is 0 Å². The van der Waals surface area contributed by atoms with Crippen LogP contribution in [0.3, 0.4) is 0 Å². The average molecular weight is 786 g/mol. The molecule has 33 heavy (non-hydrogen) atoms. The van der Waals surface area contributed by atoms with Crippen LogP contribution in [0.2, 0.25) is 118 Å². The summed E-state index contributed by atoms with van der Waals surface area (Å²) in [6.07, 6.45) is 8.20. The van der Waals surface area contributed by atoms with Crippen LogP contribution in [0.4, 0.5) is 0 Å². The molecule has 196 valence electrons. The first-order chi connectivity index (χ1) is 13.5. The maximum Gasteiger partial charge on any atom is 4.00 e. The Balaban J connectivity index is -0.000000107. The van der Waals surface area contributed by atoms with Crippen molar-refractivity contribution in [3.05, 3.63) is 20.4 Å². The van der Waals surface area contributed by atoms with Crippen molar-refractivity contribution < 1.29 is 31.1 Å². The first-order valence-corrected chi connectivity index (χ1v) is 32.8. The molecular weight excluding hydrogens is 725 g/mol. The van der Waals surface area contributed by atoms with Crippen LogP contribution in [0.5, 0.6) is 0 Å². The summed E-state index contributed by atoms with van der Waals surface area (Å²) >= 11 is 0. The Labute approximate surface area is 242 Å². The Morgan fingerprint density at radius 1 is 0.455 bits per heavy atom. The molecule has 0 aliphatic carbocycles. The molecule has 10 heteroatoms. The molecule has 0 aromatic heterocycles. The summed E-state index contributed by atoms with van der Waals surface area (Å²) in [5, 5.41) is 0. The number of rotatable bonds is 7. The molecule has 0 saturated heterocycles. The van der Waals surface area contributed by atoms with Gasteiger partial charge in [0.05, 0.1) is 0 Å². The van der Waals surface area contributed by atoms with Crippen LogP contribution >= 0.6 is 0 Å². The van der Waals surface area contributed by atoms with E-state index in [-0.39, 0.29) is 31.1 Å². The molecule has 0 saturated carbocycles. The maximum atomic E-state index is 6.35.